The Bertz CT molecular complexity index is 1130. The van der Waals surface area contributed by atoms with Gasteiger partial charge in [-0.15, -0.1) is 16.4 Å². The van der Waals surface area contributed by atoms with Crippen LogP contribution in [0.25, 0.3) is 22.4 Å². The Kier molecular flexibility index (Phi) is 4.90. The average Bonchev–Trinajstić information content (AvgIpc) is 3.42. The fraction of sp³-hybridized carbons (Fsp3) is 0.158. The first kappa shape index (κ1) is 17.9. The molecule has 28 heavy (non-hydrogen) atoms. The van der Waals surface area contributed by atoms with Gasteiger partial charge in [-0.1, -0.05) is 17.3 Å². The van der Waals surface area contributed by atoms with Crippen molar-refractivity contribution in [3.05, 3.63) is 53.6 Å². The third kappa shape index (κ3) is 3.39. The highest BCUT2D eigenvalue weighted by Crippen LogP contribution is 2.36. The van der Waals surface area contributed by atoms with E-state index in [2.05, 4.69) is 15.6 Å². The second-order valence-corrected chi connectivity index (χ2v) is 6.71. The Balaban J connectivity index is 1.60. The number of nitrogens with zero attached hydrogens (tertiary/aromatic N) is 3. The van der Waals surface area contributed by atoms with E-state index in [0.717, 1.165) is 5.52 Å². The fourth-order valence-electron chi connectivity index (χ4n) is 2.81. The highest BCUT2D eigenvalue weighted by atomic mass is 32.1. The molecule has 4 rings (SSSR count). The number of furan rings is 1. The van der Waals surface area contributed by atoms with Crippen LogP contribution in [-0.2, 0) is 16.1 Å². The van der Waals surface area contributed by atoms with Crippen LogP contribution in [0, 0.1) is 0 Å². The summed E-state index contributed by atoms with van der Waals surface area (Å²) >= 11 is 1.24. The number of aromatic nitrogens is 3. The second kappa shape index (κ2) is 7.65. The number of carbonyl (C=O) groups excluding carboxylic acids is 2. The molecule has 0 saturated heterocycles. The number of anilines is 1. The van der Waals surface area contributed by atoms with Crippen molar-refractivity contribution in [3.63, 3.8) is 0 Å². The van der Waals surface area contributed by atoms with E-state index in [9.17, 15) is 9.59 Å². The van der Waals surface area contributed by atoms with E-state index in [1.54, 1.807) is 24.4 Å². The quantitative estimate of drug-likeness (QED) is 0.500. The zero-order valence-electron chi connectivity index (χ0n) is 14.9. The summed E-state index contributed by atoms with van der Waals surface area (Å²) in [6, 6.07) is 10.9. The normalized spacial score (nSPS) is 10.9. The SMILES string of the molecule is CCOC(=O)c1c(-c2ccco2)csc1NC(=O)Cn1nnc2ccccc21. The van der Waals surface area contributed by atoms with Crippen LogP contribution < -0.4 is 5.32 Å². The van der Waals surface area contributed by atoms with Gasteiger partial charge in [-0.05, 0) is 31.2 Å². The zero-order valence-corrected chi connectivity index (χ0v) is 15.7. The van der Waals surface area contributed by atoms with E-state index in [0.29, 0.717) is 21.8 Å². The van der Waals surface area contributed by atoms with Crippen LogP contribution in [0.2, 0.25) is 0 Å². The van der Waals surface area contributed by atoms with Crippen LogP contribution in [0.3, 0.4) is 0 Å². The third-order valence-electron chi connectivity index (χ3n) is 4.02. The van der Waals surface area contributed by atoms with E-state index in [1.165, 1.54) is 22.3 Å². The van der Waals surface area contributed by atoms with Gasteiger partial charge in [0.15, 0.2) is 0 Å². The van der Waals surface area contributed by atoms with Crippen molar-refractivity contribution < 1.29 is 18.7 Å². The molecule has 0 spiro atoms. The van der Waals surface area contributed by atoms with E-state index < -0.39 is 5.97 Å². The number of nitrogens with one attached hydrogen (secondary N) is 1. The first-order valence-corrected chi connectivity index (χ1v) is 9.46. The van der Waals surface area contributed by atoms with E-state index in [1.807, 2.05) is 24.3 Å². The molecule has 1 N–H and O–H groups in total. The number of thiophene rings is 1. The Morgan fingerprint density at radius 2 is 2.11 bits per heavy atom. The smallest absolute Gasteiger partial charge is 0.341 e. The second-order valence-electron chi connectivity index (χ2n) is 5.84. The largest absolute Gasteiger partial charge is 0.464 e. The molecule has 0 bridgehead atoms. The van der Waals surface area contributed by atoms with Gasteiger partial charge in [0.05, 0.1) is 18.4 Å². The van der Waals surface area contributed by atoms with Crippen LogP contribution in [0.4, 0.5) is 5.00 Å². The number of amides is 1. The maximum atomic E-state index is 12.6. The van der Waals surface area contributed by atoms with Crippen molar-refractivity contribution >= 4 is 39.2 Å². The van der Waals surface area contributed by atoms with Crippen LogP contribution in [0.15, 0.2) is 52.5 Å². The lowest BCUT2D eigenvalue weighted by molar-refractivity contribution is -0.116. The number of para-hydroxylation sites is 1. The predicted molar refractivity (Wildman–Crippen MR) is 104 cm³/mol. The van der Waals surface area contributed by atoms with Gasteiger partial charge in [0.1, 0.15) is 28.4 Å². The van der Waals surface area contributed by atoms with Crippen LogP contribution >= 0.6 is 11.3 Å². The minimum Gasteiger partial charge on any atom is -0.464 e. The van der Waals surface area contributed by atoms with Crippen molar-refractivity contribution in [1.82, 2.24) is 15.0 Å². The molecular weight excluding hydrogens is 380 g/mol. The standard InChI is InChI=1S/C19H16N4O4S/c1-2-26-19(25)17-12(15-8-5-9-27-15)11-28-18(17)20-16(24)10-23-14-7-4-3-6-13(14)21-22-23/h3-9,11H,2,10H2,1H3,(H,20,24). The van der Waals surface area contributed by atoms with Gasteiger partial charge >= 0.3 is 5.97 Å². The lowest BCUT2D eigenvalue weighted by atomic mass is 10.1. The lowest BCUT2D eigenvalue weighted by Gasteiger charge is -2.08. The van der Waals surface area contributed by atoms with Crippen molar-refractivity contribution in [3.8, 4) is 11.3 Å². The Morgan fingerprint density at radius 1 is 1.25 bits per heavy atom. The van der Waals surface area contributed by atoms with E-state index >= 15 is 0 Å². The summed E-state index contributed by atoms with van der Waals surface area (Å²) in [5.41, 5.74) is 2.32. The molecule has 142 valence electrons. The first-order chi connectivity index (χ1) is 13.7. The fourth-order valence-corrected chi connectivity index (χ4v) is 3.76. The zero-order chi connectivity index (χ0) is 19.5. The highest BCUT2D eigenvalue weighted by molar-refractivity contribution is 7.15. The topological polar surface area (TPSA) is 99.2 Å². The Hall–Kier alpha value is -3.46. The summed E-state index contributed by atoms with van der Waals surface area (Å²) in [7, 11) is 0. The lowest BCUT2D eigenvalue weighted by Crippen LogP contribution is -2.20. The summed E-state index contributed by atoms with van der Waals surface area (Å²) in [4.78, 5) is 25.1. The molecular formula is C19H16N4O4S. The first-order valence-electron chi connectivity index (χ1n) is 8.58. The monoisotopic (exact) mass is 396 g/mol. The molecule has 8 nitrogen and oxygen atoms in total. The Labute approximate surface area is 163 Å². The highest BCUT2D eigenvalue weighted by Gasteiger charge is 2.24. The average molecular weight is 396 g/mol. The number of rotatable bonds is 6. The number of esters is 1. The van der Waals surface area contributed by atoms with Gasteiger partial charge in [-0.3, -0.25) is 4.79 Å². The van der Waals surface area contributed by atoms with Crippen molar-refractivity contribution in [2.45, 2.75) is 13.5 Å². The molecule has 9 heteroatoms. The summed E-state index contributed by atoms with van der Waals surface area (Å²) in [5.74, 6) is -0.312. The number of fused-ring (bicyclic) bond motifs is 1. The number of ether oxygens (including phenoxy) is 1. The van der Waals surface area contributed by atoms with Gasteiger partial charge in [-0.25, -0.2) is 9.48 Å². The van der Waals surface area contributed by atoms with Crippen molar-refractivity contribution in [2.75, 3.05) is 11.9 Å². The van der Waals surface area contributed by atoms with Gasteiger partial charge in [0, 0.05) is 10.9 Å². The third-order valence-corrected chi connectivity index (χ3v) is 4.92. The summed E-state index contributed by atoms with van der Waals surface area (Å²) in [6.45, 7) is 1.92. The summed E-state index contributed by atoms with van der Waals surface area (Å²) in [6.07, 6.45) is 1.52. The minimum absolute atomic E-state index is 0.0310. The molecule has 0 aliphatic rings. The molecule has 0 saturated carbocycles. The molecule has 3 aromatic heterocycles. The van der Waals surface area contributed by atoms with E-state index in [-0.39, 0.29) is 24.6 Å². The minimum atomic E-state index is -0.517. The van der Waals surface area contributed by atoms with Crippen molar-refractivity contribution in [1.29, 1.82) is 0 Å². The molecule has 0 unspecified atom stereocenters. The van der Waals surface area contributed by atoms with Crippen molar-refractivity contribution in [2.24, 2.45) is 0 Å². The number of hydrogen-bond acceptors (Lipinski definition) is 7. The Morgan fingerprint density at radius 3 is 2.89 bits per heavy atom. The van der Waals surface area contributed by atoms with Gasteiger partial charge in [0.25, 0.3) is 0 Å². The number of hydrogen-bond donors (Lipinski definition) is 1. The maximum Gasteiger partial charge on any atom is 0.341 e. The van der Waals surface area contributed by atoms with Gasteiger partial charge in [0.2, 0.25) is 5.91 Å². The summed E-state index contributed by atoms with van der Waals surface area (Å²) < 4.78 is 12.1. The molecule has 1 amide bonds. The predicted octanol–water partition coefficient (Wildman–Crippen LogP) is 3.57. The molecule has 3 heterocycles. The molecule has 0 fully saturated rings. The van der Waals surface area contributed by atoms with Gasteiger partial charge in [-0.2, -0.15) is 0 Å². The van der Waals surface area contributed by atoms with Crippen LogP contribution in [0.1, 0.15) is 17.3 Å². The molecule has 1 aromatic carbocycles. The van der Waals surface area contributed by atoms with Crippen LogP contribution in [0.5, 0.6) is 0 Å². The molecule has 0 aliphatic carbocycles. The van der Waals surface area contributed by atoms with Gasteiger partial charge < -0.3 is 14.5 Å². The molecule has 0 radical (unpaired) electrons. The molecule has 0 aliphatic heterocycles. The van der Waals surface area contributed by atoms with Crippen LogP contribution in [-0.4, -0.2) is 33.5 Å². The van der Waals surface area contributed by atoms with E-state index in [4.69, 9.17) is 9.15 Å². The maximum absolute atomic E-state index is 12.6. The number of carbonyl (C=O) groups is 2. The molecule has 0 atom stereocenters. The summed E-state index contributed by atoms with van der Waals surface area (Å²) in [5, 5.41) is 13.0. The molecule has 4 aromatic rings. The number of benzene rings is 1.